The van der Waals surface area contributed by atoms with E-state index < -0.39 is 0 Å². The summed E-state index contributed by atoms with van der Waals surface area (Å²) >= 11 is 0. The molecule has 1 amide bonds. The fraction of sp³-hybridized carbons (Fsp3) is 0.588. The topological polar surface area (TPSA) is 50.4 Å². The smallest absolute Gasteiger partial charge is 0.234 e. The highest BCUT2D eigenvalue weighted by atomic mass is 16.5. The molecule has 0 saturated heterocycles. The van der Waals surface area contributed by atoms with Crippen LogP contribution >= 0.6 is 0 Å². The Morgan fingerprint density at radius 2 is 2.10 bits per heavy atom. The molecule has 21 heavy (non-hydrogen) atoms. The fourth-order valence-electron chi connectivity index (χ4n) is 2.80. The molecule has 4 nitrogen and oxygen atoms in total. The van der Waals surface area contributed by atoms with Crippen LogP contribution in [0.1, 0.15) is 50.6 Å². The van der Waals surface area contributed by atoms with Crippen LogP contribution in [0.5, 0.6) is 5.75 Å². The Labute approximate surface area is 127 Å². The molecule has 0 spiro atoms. The van der Waals surface area contributed by atoms with E-state index in [1.54, 1.807) is 7.11 Å². The number of amides is 1. The number of hydrogen-bond acceptors (Lipinski definition) is 3. The van der Waals surface area contributed by atoms with Gasteiger partial charge in [0.15, 0.2) is 0 Å². The Kier molecular flexibility index (Phi) is 6.05. The van der Waals surface area contributed by atoms with Crippen LogP contribution in [0.4, 0.5) is 0 Å². The Morgan fingerprint density at radius 3 is 2.81 bits per heavy atom. The molecule has 0 unspecified atom stereocenters. The van der Waals surface area contributed by atoms with Crippen molar-refractivity contribution in [1.82, 2.24) is 10.6 Å². The number of carbonyl (C=O) groups excluding carboxylic acids is 1. The molecule has 0 aromatic heterocycles. The first-order chi connectivity index (χ1) is 10.2. The lowest BCUT2D eigenvalue weighted by atomic mass is 9.95. The molecule has 0 radical (unpaired) electrons. The molecule has 1 aromatic carbocycles. The van der Waals surface area contributed by atoms with Gasteiger partial charge >= 0.3 is 0 Å². The molecular formula is C17H26N2O2. The van der Waals surface area contributed by atoms with Gasteiger partial charge in [-0.2, -0.15) is 0 Å². The predicted octanol–water partition coefficient (Wildman–Crippen LogP) is 2.79. The molecule has 4 heteroatoms. The zero-order valence-electron chi connectivity index (χ0n) is 13.0. The van der Waals surface area contributed by atoms with Crippen LogP contribution in [0.25, 0.3) is 0 Å². The predicted molar refractivity (Wildman–Crippen MR) is 84.4 cm³/mol. The van der Waals surface area contributed by atoms with Gasteiger partial charge in [-0.05, 0) is 37.5 Å². The van der Waals surface area contributed by atoms with Gasteiger partial charge in [0.1, 0.15) is 5.75 Å². The van der Waals surface area contributed by atoms with Gasteiger partial charge < -0.3 is 15.4 Å². The molecule has 1 fully saturated rings. The number of ether oxygens (including phenoxy) is 1. The zero-order chi connectivity index (χ0) is 15.1. The lowest BCUT2D eigenvalue weighted by molar-refractivity contribution is -0.121. The van der Waals surface area contributed by atoms with E-state index >= 15 is 0 Å². The largest absolute Gasteiger partial charge is 0.497 e. The highest BCUT2D eigenvalue weighted by Gasteiger charge is 2.16. The van der Waals surface area contributed by atoms with Gasteiger partial charge in [-0.25, -0.2) is 0 Å². The standard InChI is InChI=1S/C17H26N2O2/c1-13(14-7-6-10-16(11-14)21-2)18-12-17(20)19-15-8-4-3-5-9-15/h6-7,10-11,13,15,18H,3-5,8-9,12H2,1-2H3,(H,19,20)/t13-/m0/s1. The average molecular weight is 290 g/mol. The van der Waals surface area contributed by atoms with Crippen LogP contribution < -0.4 is 15.4 Å². The molecule has 0 heterocycles. The van der Waals surface area contributed by atoms with Crippen molar-refractivity contribution in [3.63, 3.8) is 0 Å². The third-order valence-corrected chi connectivity index (χ3v) is 4.13. The molecule has 1 aliphatic carbocycles. The second-order valence-electron chi connectivity index (χ2n) is 5.78. The molecule has 0 aliphatic heterocycles. The first-order valence-electron chi connectivity index (χ1n) is 7.85. The number of rotatable bonds is 6. The molecule has 2 rings (SSSR count). The van der Waals surface area contributed by atoms with Crippen molar-refractivity contribution >= 4 is 5.91 Å². The summed E-state index contributed by atoms with van der Waals surface area (Å²) in [7, 11) is 1.66. The lowest BCUT2D eigenvalue weighted by Crippen LogP contribution is -2.41. The van der Waals surface area contributed by atoms with E-state index in [0.717, 1.165) is 24.2 Å². The minimum atomic E-state index is 0.0941. The van der Waals surface area contributed by atoms with Crippen molar-refractivity contribution < 1.29 is 9.53 Å². The van der Waals surface area contributed by atoms with Crippen molar-refractivity contribution in [2.45, 2.75) is 51.1 Å². The van der Waals surface area contributed by atoms with Crippen LogP contribution in [-0.2, 0) is 4.79 Å². The summed E-state index contributed by atoms with van der Waals surface area (Å²) in [6, 6.07) is 8.42. The first kappa shape index (κ1) is 15.8. The van der Waals surface area contributed by atoms with Gasteiger partial charge in [0.05, 0.1) is 13.7 Å². The van der Waals surface area contributed by atoms with Crippen LogP contribution in [0, 0.1) is 0 Å². The maximum Gasteiger partial charge on any atom is 0.234 e. The van der Waals surface area contributed by atoms with Gasteiger partial charge in [-0.1, -0.05) is 31.4 Å². The van der Waals surface area contributed by atoms with E-state index in [4.69, 9.17) is 4.74 Å². The third-order valence-electron chi connectivity index (χ3n) is 4.13. The van der Waals surface area contributed by atoms with Crippen LogP contribution in [0.15, 0.2) is 24.3 Å². The number of benzene rings is 1. The van der Waals surface area contributed by atoms with E-state index in [1.807, 2.05) is 24.3 Å². The molecule has 1 aliphatic rings. The molecule has 1 saturated carbocycles. The maximum atomic E-state index is 12.0. The Balaban J connectivity index is 1.77. The normalized spacial score (nSPS) is 17.2. The average Bonchev–Trinajstić information content (AvgIpc) is 2.53. The molecular weight excluding hydrogens is 264 g/mol. The number of carbonyl (C=O) groups is 1. The number of nitrogens with one attached hydrogen (secondary N) is 2. The molecule has 0 bridgehead atoms. The summed E-state index contributed by atoms with van der Waals surface area (Å²) in [5, 5.41) is 6.39. The molecule has 2 N–H and O–H groups in total. The van der Waals surface area contributed by atoms with E-state index in [9.17, 15) is 4.79 Å². The zero-order valence-corrected chi connectivity index (χ0v) is 13.0. The van der Waals surface area contributed by atoms with Crippen molar-refractivity contribution in [1.29, 1.82) is 0 Å². The van der Waals surface area contributed by atoms with Gasteiger partial charge in [0, 0.05) is 12.1 Å². The second kappa shape index (κ2) is 8.03. The number of methoxy groups -OCH3 is 1. The minimum Gasteiger partial charge on any atom is -0.497 e. The van der Waals surface area contributed by atoms with Crippen molar-refractivity contribution in [3.8, 4) is 5.75 Å². The van der Waals surface area contributed by atoms with Crippen molar-refractivity contribution in [2.75, 3.05) is 13.7 Å². The van der Waals surface area contributed by atoms with Crippen LogP contribution in [-0.4, -0.2) is 25.6 Å². The minimum absolute atomic E-state index is 0.0941. The Bertz CT molecular complexity index is 456. The second-order valence-corrected chi connectivity index (χ2v) is 5.78. The van der Waals surface area contributed by atoms with Gasteiger partial charge in [-0.15, -0.1) is 0 Å². The monoisotopic (exact) mass is 290 g/mol. The summed E-state index contributed by atoms with van der Waals surface area (Å²) in [5.41, 5.74) is 1.12. The molecule has 116 valence electrons. The summed E-state index contributed by atoms with van der Waals surface area (Å²) < 4.78 is 5.22. The first-order valence-corrected chi connectivity index (χ1v) is 7.85. The van der Waals surface area contributed by atoms with E-state index in [0.29, 0.717) is 12.6 Å². The summed E-state index contributed by atoms with van der Waals surface area (Å²) in [4.78, 5) is 12.0. The summed E-state index contributed by atoms with van der Waals surface area (Å²) in [5.74, 6) is 0.935. The quantitative estimate of drug-likeness (QED) is 0.847. The highest BCUT2D eigenvalue weighted by molar-refractivity contribution is 5.78. The fourth-order valence-corrected chi connectivity index (χ4v) is 2.80. The van der Waals surface area contributed by atoms with E-state index in [-0.39, 0.29) is 11.9 Å². The summed E-state index contributed by atoms with van der Waals surface area (Å²) in [6.07, 6.45) is 6.02. The van der Waals surface area contributed by atoms with Crippen LogP contribution in [0.2, 0.25) is 0 Å². The Hall–Kier alpha value is -1.55. The van der Waals surface area contributed by atoms with Gasteiger partial charge in [0.25, 0.3) is 0 Å². The Morgan fingerprint density at radius 1 is 1.33 bits per heavy atom. The lowest BCUT2D eigenvalue weighted by Gasteiger charge is -2.23. The van der Waals surface area contributed by atoms with E-state index in [2.05, 4.69) is 17.6 Å². The van der Waals surface area contributed by atoms with Gasteiger partial charge in [-0.3, -0.25) is 4.79 Å². The maximum absolute atomic E-state index is 12.0. The highest BCUT2D eigenvalue weighted by Crippen LogP contribution is 2.19. The van der Waals surface area contributed by atoms with Crippen molar-refractivity contribution in [2.24, 2.45) is 0 Å². The number of hydrogen-bond donors (Lipinski definition) is 2. The SMILES string of the molecule is COc1cccc([C@H](C)NCC(=O)NC2CCCCC2)c1. The van der Waals surface area contributed by atoms with E-state index in [1.165, 1.54) is 19.3 Å². The summed E-state index contributed by atoms with van der Waals surface area (Å²) in [6.45, 7) is 2.41. The molecule has 1 atom stereocenters. The molecule has 1 aromatic rings. The van der Waals surface area contributed by atoms with Crippen LogP contribution in [0.3, 0.4) is 0 Å². The van der Waals surface area contributed by atoms with Gasteiger partial charge in [0.2, 0.25) is 5.91 Å². The third kappa shape index (κ3) is 5.05. The van der Waals surface area contributed by atoms with Crippen molar-refractivity contribution in [3.05, 3.63) is 29.8 Å².